The van der Waals surface area contributed by atoms with Crippen LogP contribution in [0.1, 0.15) is 23.2 Å². The van der Waals surface area contributed by atoms with Crippen LogP contribution >= 0.6 is 11.3 Å². The second-order valence-corrected chi connectivity index (χ2v) is 7.98. The number of sulfonamides is 1. The van der Waals surface area contributed by atoms with E-state index in [0.717, 1.165) is 21.9 Å². The first-order chi connectivity index (χ1) is 10.2. The number of carbonyl (C=O) groups excluding carboxylic acids is 1. The van der Waals surface area contributed by atoms with E-state index in [1.807, 2.05) is 0 Å². The summed E-state index contributed by atoms with van der Waals surface area (Å²) in [6.07, 6.45) is 0. The molecule has 0 aliphatic heterocycles. The van der Waals surface area contributed by atoms with Gasteiger partial charge in [-0.1, -0.05) is 0 Å². The summed E-state index contributed by atoms with van der Waals surface area (Å²) in [6, 6.07) is 3.23. The van der Waals surface area contributed by atoms with Crippen LogP contribution in [0.25, 0.3) is 0 Å². The van der Waals surface area contributed by atoms with Gasteiger partial charge in [0.05, 0.1) is 23.6 Å². The quantitative estimate of drug-likeness (QED) is 0.862. The number of nitrogens with zero attached hydrogens (tertiary/aromatic N) is 2. The first-order valence-corrected chi connectivity index (χ1v) is 8.87. The SMILES string of the molecule is CC(=O)NCc1ccc(S(=O)(=O)Nc2c(C)nn(C)c2C)s1. The van der Waals surface area contributed by atoms with Gasteiger partial charge >= 0.3 is 0 Å². The van der Waals surface area contributed by atoms with Gasteiger partial charge in [-0.15, -0.1) is 11.3 Å². The lowest BCUT2D eigenvalue weighted by Crippen LogP contribution is -2.18. The first-order valence-electron chi connectivity index (χ1n) is 6.57. The normalized spacial score (nSPS) is 11.5. The Morgan fingerprint density at radius 1 is 1.36 bits per heavy atom. The molecular formula is C13H18N4O3S2. The van der Waals surface area contributed by atoms with E-state index in [0.29, 0.717) is 17.9 Å². The van der Waals surface area contributed by atoms with Gasteiger partial charge in [-0.3, -0.25) is 14.2 Å². The van der Waals surface area contributed by atoms with E-state index in [-0.39, 0.29) is 10.1 Å². The number of aromatic nitrogens is 2. The Morgan fingerprint density at radius 3 is 2.59 bits per heavy atom. The zero-order valence-corrected chi connectivity index (χ0v) is 14.4. The maximum atomic E-state index is 12.4. The van der Waals surface area contributed by atoms with Crippen LogP contribution in [0.15, 0.2) is 16.3 Å². The van der Waals surface area contributed by atoms with Crippen molar-refractivity contribution < 1.29 is 13.2 Å². The Balaban J connectivity index is 2.22. The van der Waals surface area contributed by atoms with Crippen molar-refractivity contribution in [2.45, 2.75) is 31.5 Å². The molecule has 9 heteroatoms. The first kappa shape index (κ1) is 16.5. The predicted molar refractivity (Wildman–Crippen MR) is 85.3 cm³/mol. The van der Waals surface area contributed by atoms with Crippen LogP contribution in [0.5, 0.6) is 0 Å². The van der Waals surface area contributed by atoms with Crippen molar-refractivity contribution in [3.8, 4) is 0 Å². The molecule has 0 unspecified atom stereocenters. The van der Waals surface area contributed by atoms with Crippen molar-refractivity contribution in [2.75, 3.05) is 4.72 Å². The fourth-order valence-electron chi connectivity index (χ4n) is 1.92. The maximum Gasteiger partial charge on any atom is 0.271 e. The standard InChI is InChI=1S/C13H18N4O3S2/c1-8-13(9(2)17(4)15-8)16-22(19,20)12-6-5-11(21-12)7-14-10(3)18/h5-6,16H,7H2,1-4H3,(H,14,18). The maximum absolute atomic E-state index is 12.4. The molecule has 1 amide bonds. The number of carbonyl (C=O) groups is 1. The number of nitrogens with one attached hydrogen (secondary N) is 2. The topological polar surface area (TPSA) is 93.1 Å². The number of hydrogen-bond acceptors (Lipinski definition) is 5. The molecule has 0 saturated heterocycles. The molecule has 2 heterocycles. The van der Waals surface area contributed by atoms with Crippen LogP contribution in [0, 0.1) is 13.8 Å². The summed E-state index contributed by atoms with van der Waals surface area (Å²) >= 11 is 1.13. The highest BCUT2D eigenvalue weighted by Crippen LogP contribution is 2.26. The van der Waals surface area contributed by atoms with Gasteiger partial charge in [-0.2, -0.15) is 5.10 Å². The Kier molecular flexibility index (Phi) is 4.57. The molecule has 22 heavy (non-hydrogen) atoms. The van der Waals surface area contributed by atoms with Gasteiger partial charge in [0, 0.05) is 18.8 Å². The third-order valence-corrected chi connectivity index (χ3v) is 6.09. The molecule has 7 nitrogen and oxygen atoms in total. The summed E-state index contributed by atoms with van der Waals surface area (Å²) in [4.78, 5) is 11.7. The summed E-state index contributed by atoms with van der Waals surface area (Å²) < 4.78 is 29.3. The summed E-state index contributed by atoms with van der Waals surface area (Å²) in [7, 11) is -1.90. The zero-order valence-electron chi connectivity index (χ0n) is 12.8. The van der Waals surface area contributed by atoms with Crippen molar-refractivity contribution >= 4 is 33.0 Å². The van der Waals surface area contributed by atoms with Gasteiger partial charge < -0.3 is 5.32 Å². The molecule has 0 fully saturated rings. The number of hydrogen-bond donors (Lipinski definition) is 2. The number of aryl methyl sites for hydroxylation is 2. The van der Waals surface area contributed by atoms with Crippen LogP contribution in [0.3, 0.4) is 0 Å². The molecular weight excluding hydrogens is 324 g/mol. The highest BCUT2D eigenvalue weighted by Gasteiger charge is 2.21. The molecule has 2 aromatic rings. The third-order valence-electron chi connectivity index (χ3n) is 3.16. The van der Waals surface area contributed by atoms with Crippen LogP contribution in [0.2, 0.25) is 0 Å². The molecule has 0 saturated carbocycles. The Bertz CT molecular complexity index is 805. The van der Waals surface area contributed by atoms with Crippen molar-refractivity contribution in [1.82, 2.24) is 15.1 Å². The summed E-state index contributed by atoms with van der Waals surface area (Å²) in [5.41, 5.74) is 1.87. The summed E-state index contributed by atoms with van der Waals surface area (Å²) in [5, 5.41) is 6.83. The fourth-order valence-corrected chi connectivity index (χ4v) is 4.39. The van der Waals surface area contributed by atoms with Crippen LogP contribution in [-0.2, 0) is 28.4 Å². The molecule has 2 aromatic heterocycles. The second kappa shape index (κ2) is 6.09. The minimum atomic E-state index is -3.66. The Morgan fingerprint density at radius 2 is 2.05 bits per heavy atom. The Hall–Kier alpha value is -1.87. The lowest BCUT2D eigenvalue weighted by molar-refractivity contribution is -0.119. The monoisotopic (exact) mass is 342 g/mol. The van der Waals surface area contributed by atoms with Crippen LogP contribution in [0.4, 0.5) is 5.69 Å². The molecule has 0 aliphatic rings. The molecule has 0 radical (unpaired) electrons. The average molecular weight is 342 g/mol. The second-order valence-electron chi connectivity index (χ2n) is 4.91. The fraction of sp³-hybridized carbons (Fsp3) is 0.385. The molecule has 0 atom stereocenters. The van der Waals surface area contributed by atoms with Gasteiger partial charge in [0.15, 0.2) is 0 Å². The van der Waals surface area contributed by atoms with E-state index < -0.39 is 10.0 Å². The smallest absolute Gasteiger partial charge is 0.271 e. The lowest BCUT2D eigenvalue weighted by Gasteiger charge is -2.06. The molecule has 0 aliphatic carbocycles. The number of thiophene rings is 1. The number of anilines is 1. The zero-order chi connectivity index (χ0) is 16.5. The third kappa shape index (κ3) is 3.47. The van der Waals surface area contributed by atoms with E-state index in [4.69, 9.17) is 0 Å². The summed E-state index contributed by atoms with van der Waals surface area (Å²) in [6.45, 7) is 5.29. The van der Waals surface area contributed by atoms with Crippen molar-refractivity contribution in [3.05, 3.63) is 28.4 Å². The van der Waals surface area contributed by atoms with Crippen molar-refractivity contribution in [3.63, 3.8) is 0 Å². The van der Waals surface area contributed by atoms with Crippen LogP contribution < -0.4 is 10.0 Å². The molecule has 120 valence electrons. The highest BCUT2D eigenvalue weighted by molar-refractivity contribution is 7.94. The molecule has 0 bridgehead atoms. The Labute approximate surface area is 133 Å². The van der Waals surface area contributed by atoms with E-state index in [1.54, 1.807) is 31.6 Å². The molecule has 2 N–H and O–H groups in total. The van der Waals surface area contributed by atoms with Crippen LogP contribution in [-0.4, -0.2) is 24.1 Å². The van der Waals surface area contributed by atoms with E-state index in [9.17, 15) is 13.2 Å². The molecule has 0 spiro atoms. The van der Waals surface area contributed by atoms with E-state index in [2.05, 4.69) is 15.1 Å². The lowest BCUT2D eigenvalue weighted by atomic mass is 10.3. The molecule has 2 rings (SSSR count). The minimum Gasteiger partial charge on any atom is -0.351 e. The minimum absolute atomic E-state index is 0.155. The van der Waals surface area contributed by atoms with Gasteiger partial charge in [-0.05, 0) is 26.0 Å². The predicted octanol–water partition coefficient (Wildman–Crippen LogP) is 1.54. The van der Waals surface area contributed by atoms with E-state index in [1.165, 1.54) is 13.0 Å². The number of amides is 1. The van der Waals surface area contributed by atoms with Gasteiger partial charge in [0.2, 0.25) is 5.91 Å². The molecule has 0 aromatic carbocycles. The summed E-state index contributed by atoms with van der Waals surface area (Å²) in [5.74, 6) is -0.155. The van der Waals surface area contributed by atoms with Gasteiger partial charge in [-0.25, -0.2) is 8.42 Å². The van der Waals surface area contributed by atoms with Gasteiger partial charge in [0.25, 0.3) is 10.0 Å². The van der Waals surface area contributed by atoms with Crippen molar-refractivity contribution in [1.29, 1.82) is 0 Å². The van der Waals surface area contributed by atoms with Crippen molar-refractivity contribution in [2.24, 2.45) is 7.05 Å². The highest BCUT2D eigenvalue weighted by atomic mass is 32.2. The largest absolute Gasteiger partial charge is 0.351 e. The number of rotatable bonds is 5. The van der Waals surface area contributed by atoms with Gasteiger partial charge in [0.1, 0.15) is 4.21 Å². The average Bonchev–Trinajstić information content (AvgIpc) is 2.98. The van der Waals surface area contributed by atoms with E-state index >= 15 is 0 Å².